The van der Waals surface area contributed by atoms with Crippen molar-refractivity contribution in [1.82, 2.24) is 0 Å². The number of hydrogen-bond donors (Lipinski definition) is 1. The van der Waals surface area contributed by atoms with Gasteiger partial charge in [-0.2, -0.15) is 0 Å². The minimum absolute atomic E-state index is 0.0256. The number of amides is 1. The number of Topliss-reactive ketones (excluding diaryl/α,β-unsaturated/α-hetero) is 1. The van der Waals surface area contributed by atoms with E-state index in [9.17, 15) is 19.5 Å². The third-order valence-corrected chi connectivity index (χ3v) is 6.42. The van der Waals surface area contributed by atoms with E-state index in [4.69, 9.17) is 9.47 Å². The monoisotopic (exact) mass is 527 g/mol. The third-order valence-electron chi connectivity index (χ3n) is 6.42. The molecule has 4 rings (SSSR count). The molecule has 3 aromatic carbocycles. The van der Waals surface area contributed by atoms with Gasteiger partial charge in [0, 0.05) is 11.3 Å². The van der Waals surface area contributed by atoms with Crippen molar-refractivity contribution in [2.24, 2.45) is 0 Å². The highest BCUT2D eigenvalue weighted by Gasteiger charge is 2.47. The number of carbonyl (C=O) groups excluding carboxylic acids is 3. The molecular formula is C32H33NO6. The molecule has 1 saturated heterocycles. The van der Waals surface area contributed by atoms with E-state index in [0.717, 1.165) is 17.5 Å². The molecule has 0 radical (unpaired) electrons. The second-order valence-electron chi connectivity index (χ2n) is 9.92. The van der Waals surface area contributed by atoms with Crippen LogP contribution in [0.5, 0.6) is 5.75 Å². The Balaban J connectivity index is 1.86. The lowest BCUT2D eigenvalue weighted by Gasteiger charge is -2.26. The van der Waals surface area contributed by atoms with Crippen LogP contribution in [0.1, 0.15) is 65.8 Å². The molecule has 1 atom stereocenters. The summed E-state index contributed by atoms with van der Waals surface area (Å²) in [5.74, 6) is -1.72. The number of ether oxygens (including phenoxy) is 2. The fourth-order valence-corrected chi connectivity index (χ4v) is 4.65. The SMILES string of the molecule is CCCOc1ccc(/C(O)=C2\C(=O)C(=O)N(c3cccc(C(=O)OC(C)C)c3)C2c2cccc(C)c2)cc1C. The molecule has 0 aromatic heterocycles. The number of esters is 1. The van der Waals surface area contributed by atoms with Crippen molar-refractivity contribution < 1.29 is 29.0 Å². The zero-order valence-corrected chi connectivity index (χ0v) is 22.9. The Bertz CT molecular complexity index is 1450. The Morgan fingerprint density at radius 3 is 2.38 bits per heavy atom. The number of nitrogens with zero attached hydrogens (tertiary/aromatic N) is 1. The second kappa shape index (κ2) is 11.6. The fourth-order valence-electron chi connectivity index (χ4n) is 4.65. The number of aliphatic hydroxyl groups excluding tert-OH is 1. The van der Waals surface area contributed by atoms with Gasteiger partial charge in [0.25, 0.3) is 11.7 Å². The summed E-state index contributed by atoms with van der Waals surface area (Å²) < 4.78 is 11.1. The van der Waals surface area contributed by atoms with Crippen LogP contribution in [-0.2, 0) is 14.3 Å². The lowest BCUT2D eigenvalue weighted by molar-refractivity contribution is -0.132. The molecule has 1 aliphatic rings. The van der Waals surface area contributed by atoms with Crippen LogP contribution in [0.15, 0.2) is 72.3 Å². The molecule has 1 heterocycles. The van der Waals surface area contributed by atoms with E-state index in [0.29, 0.717) is 29.2 Å². The summed E-state index contributed by atoms with van der Waals surface area (Å²) in [6.45, 7) is 9.86. The predicted molar refractivity (Wildman–Crippen MR) is 150 cm³/mol. The van der Waals surface area contributed by atoms with Crippen molar-refractivity contribution in [1.29, 1.82) is 0 Å². The maximum absolute atomic E-state index is 13.5. The number of carbonyl (C=O) groups is 3. The molecule has 0 aliphatic carbocycles. The third kappa shape index (κ3) is 5.72. The molecule has 1 unspecified atom stereocenters. The van der Waals surface area contributed by atoms with E-state index < -0.39 is 23.7 Å². The van der Waals surface area contributed by atoms with Gasteiger partial charge in [0.05, 0.1) is 29.9 Å². The summed E-state index contributed by atoms with van der Waals surface area (Å²) in [7, 11) is 0. The second-order valence-corrected chi connectivity index (χ2v) is 9.92. The van der Waals surface area contributed by atoms with Crippen LogP contribution in [0, 0.1) is 13.8 Å². The number of ketones is 1. The van der Waals surface area contributed by atoms with Crippen LogP contribution in [0.2, 0.25) is 0 Å². The highest BCUT2D eigenvalue weighted by Crippen LogP contribution is 2.42. The Morgan fingerprint density at radius 1 is 0.974 bits per heavy atom. The van der Waals surface area contributed by atoms with Crippen molar-refractivity contribution in [3.63, 3.8) is 0 Å². The van der Waals surface area contributed by atoms with E-state index in [1.165, 1.54) is 11.0 Å². The number of benzene rings is 3. The molecule has 0 saturated carbocycles. The lowest BCUT2D eigenvalue weighted by atomic mass is 9.93. The van der Waals surface area contributed by atoms with Gasteiger partial charge in [0.2, 0.25) is 0 Å². The molecule has 1 amide bonds. The molecule has 39 heavy (non-hydrogen) atoms. The van der Waals surface area contributed by atoms with Gasteiger partial charge in [-0.05, 0) is 81.6 Å². The van der Waals surface area contributed by atoms with Crippen LogP contribution in [0.4, 0.5) is 5.69 Å². The van der Waals surface area contributed by atoms with Crippen molar-refractivity contribution in [3.8, 4) is 5.75 Å². The first kappa shape index (κ1) is 27.6. The lowest BCUT2D eigenvalue weighted by Crippen LogP contribution is -2.29. The van der Waals surface area contributed by atoms with Gasteiger partial charge in [0.15, 0.2) is 0 Å². The van der Waals surface area contributed by atoms with Crippen LogP contribution < -0.4 is 9.64 Å². The summed E-state index contributed by atoms with van der Waals surface area (Å²) in [6.07, 6.45) is 0.544. The van der Waals surface area contributed by atoms with E-state index in [-0.39, 0.29) is 23.0 Å². The molecule has 0 bridgehead atoms. The van der Waals surface area contributed by atoms with E-state index in [1.807, 2.05) is 45.0 Å². The van der Waals surface area contributed by atoms with Gasteiger partial charge in [-0.25, -0.2) is 4.79 Å². The number of rotatable bonds is 8. The summed E-state index contributed by atoms with van der Waals surface area (Å²) in [5, 5.41) is 11.5. The highest BCUT2D eigenvalue weighted by atomic mass is 16.5. The summed E-state index contributed by atoms with van der Waals surface area (Å²) in [6, 6.07) is 18.1. The quantitative estimate of drug-likeness (QED) is 0.160. The standard InChI is InChI=1S/C32H33NO6/c1-6-15-38-26-14-13-23(17-21(26)5)29(34)27-28(22-10-7-9-20(4)16-22)33(31(36)30(27)35)25-12-8-11-24(18-25)32(37)39-19(2)3/h7-14,16-19,28,34H,6,15H2,1-5H3/b29-27+. The van der Waals surface area contributed by atoms with Crippen LogP contribution in [0.3, 0.4) is 0 Å². The van der Waals surface area contributed by atoms with Crippen LogP contribution in [-0.4, -0.2) is 35.5 Å². The zero-order chi connectivity index (χ0) is 28.3. The van der Waals surface area contributed by atoms with E-state index >= 15 is 0 Å². The van der Waals surface area contributed by atoms with Crippen molar-refractivity contribution in [3.05, 3.63) is 100 Å². The van der Waals surface area contributed by atoms with Gasteiger partial charge in [-0.3, -0.25) is 14.5 Å². The molecule has 1 fully saturated rings. The molecule has 202 valence electrons. The molecule has 0 spiro atoms. The van der Waals surface area contributed by atoms with Crippen LogP contribution >= 0.6 is 0 Å². The molecule has 7 heteroatoms. The average molecular weight is 528 g/mol. The zero-order valence-electron chi connectivity index (χ0n) is 22.9. The minimum Gasteiger partial charge on any atom is -0.507 e. The van der Waals surface area contributed by atoms with Gasteiger partial charge in [-0.15, -0.1) is 0 Å². The number of aliphatic hydroxyl groups is 1. The fraction of sp³-hybridized carbons (Fsp3) is 0.281. The highest BCUT2D eigenvalue weighted by molar-refractivity contribution is 6.51. The largest absolute Gasteiger partial charge is 0.507 e. The van der Waals surface area contributed by atoms with Gasteiger partial charge < -0.3 is 14.6 Å². The van der Waals surface area contributed by atoms with E-state index in [2.05, 4.69) is 0 Å². The normalized spacial score (nSPS) is 16.6. The maximum Gasteiger partial charge on any atom is 0.338 e. The Labute approximate surface area is 228 Å². The molecule has 1 aliphatic heterocycles. The smallest absolute Gasteiger partial charge is 0.338 e. The number of anilines is 1. The number of aryl methyl sites for hydroxylation is 2. The first-order chi connectivity index (χ1) is 18.6. The first-order valence-corrected chi connectivity index (χ1v) is 13.0. The molecule has 1 N–H and O–H groups in total. The minimum atomic E-state index is -0.905. The average Bonchev–Trinajstić information content (AvgIpc) is 3.17. The van der Waals surface area contributed by atoms with Gasteiger partial charge in [-0.1, -0.05) is 42.8 Å². The molecule has 7 nitrogen and oxygen atoms in total. The van der Waals surface area contributed by atoms with E-state index in [1.54, 1.807) is 50.2 Å². The number of hydrogen-bond acceptors (Lipinski definition) is 6. The topological polar surface area (TPSA) is 93.1 Å². The maximum atomic E-state index is 13.5. The van der Waals surface area contributed by atoms with Crippen LogP contribution in [0.25, 0.3) is 5.76 Å². The molecular weight excluding hydrogens is 494 g/mol. The summed E-state index contributed by atoms with van der Waals surface area (Å²) >= 11 is 0. The van der Waals surface area contributed by atoms with Gasteiger partial charge in [0.1, 0.15) is 11.5 Å². The molecule has 3 aromatic rings. The van der Waals surface area contributed by atoms with Crippen molar-refractivity contribution >= 4 is 29.1 Å². The Hall–Kier alpha value is -4.39. The first-order valence-electron chi connectivity index (χ1n) is 13.0. The van der Waals surface area contributed by atoms with Gasteiger partial charge >= 0.3 is 5.97 Å². The van der Waals surface area contributed by atoms with Crippen molar-refractivity contribution in [2.45, 2.75) is 53.2 Å². The Morgan fingerprint density at radius 2 is 1.72 bits per heavy atom. The summed E-state index contributed by atoms with van der Waals surface area (Å²) in [4.78, 5) is 40.9. The predicted octanol–water partition coefficient (Wildman–Crippen LogP) is 6.28. The van der Waals surface area contributed by atoms with Crippen molar-refractivity contribution in [2.75, 3.05) is 11.5 Å². The Kier molecular flexibility index (Phi) is 8.19. The summed E-state index contributed by atoms with van der Waals surface area (Å²) in [5.41, 5.74) is 3.37.